The normalized spacial score (nSPS) is 19.1. The minimum atomic E-state index is -0.0860. The SMILES string of the molecule is COc1ccc2c(c1)[N+](=O)C(CCN)S2. The van der Waals surface area contributed by atoms with Crippen LogP contribution in [-0.4, -0.2) is 23.8 Å². The molecule has 0 aliphatic carbocycles. The van der Waals surface area contributed by atoms with Crippen molar-refractivity contribution in [3.05, 3.63) is 23.1 Å². The predicted molar refractivity (Wildman–Crippen MR) is 59.6 cm³/mol. The molecule has 5 heteroatoms. The molecule has 1 unspecified atom stereocenters. The van der Waals surface area contributed by atoms with Crippen LogP contribution >= 0.6 is 11.8 Å². The van der Waals surface area contributed by atoms with Gasteiger partial charge in [-0.25, -0.2) is 0 Å². The van der Waals surface area contributed by atoms with Gasteiger partial charge in [-0.2, -0.15) is 0 Å². The number of hydrogen-bond acceptors (Lipinski definition) is 4. The quantitative estimate of drug-likeness (QED) is 0.798. The fourth-order valence-corrected chi connectivity index (χ4v) is 2.74. The summed E-state index contributed by atoms with van der Waals surface area (Å²) in [6.45, 7) is 0.529. The third-order valence-electron chi connectivity index (χ3n) is 2.34. The number of nitroso groups, excluding NO2 is 1. The van der Waals surface area contributed by atoms with Crippen LogP contribution in [0.4, 0.5) is 5.69 Å². The van der Waals surface area contributed by atoms with E-state index in [1.807, 2.05) is 12.1 Å². The summed E-state index contributed by atoms with van der Waals surface area (Å²) in [5, 5.41) is -0.0860. The van der Waals surface area contributed by atoms with E-state index >= 15 is 0 Å². The molecule has 1 heterocycles. The number of benzene rings is 1. The van der Waals surface area contributed by atoms with E-state index in [9.17, 15) is 4.91 Å². The first-order valence-electron chi connectivity index (χ1n) is 4.77. The third-order valence-corrected chi connectivity index (χ3v) is 3.64. The lowest BCUT2D eigenvalue weighted by Gasteiger charge is -1.96. The van der Waals surface area contributed by atoms with Gasteiger partial charge in [0.25, 0.3) is 11.1 Å². The predicted octanol–water partition coefficient (Wildman–Crippen LogP) is 1.89. The highest BCUT2D eigenvalue weighted by atomic mass is 32.2. The van der Waals surface area contributed by atoms with E-state index in [1.54, 1.807) is 24.9 Å². The van der Waals surface area contributed by atoms with Crippen molar-refractivity contribution in [1.29, 1.82) is 0 Å². The van der Waals surface area contributed by atoms with Gasteiger partial charge in [0, 0.05) is 11.3 Å². The van der Waals surface area contributed by atoms with Crippen LogP contribution in [0.25, 0.3) is 0 Å². The lowest BCUT2D eigenvalue weighted by molar-refractivity contribution is -0.476. The molecule has 1 aromatic rings. The Morgan fingerprint density at radius 2 is 2.40 bits per heavy atom. The Morgan fingerprint density at radius 1 is 1.60 bits per heavy atom. The number of fused-ring (bicyclic) bond motifs is 1. The van der Waals surface area contributed by atoms with Gasteiger partial charge in [0.2, 0.25) is 0 Å². The van der Waals surface area contributed by atoms with Crippen molar-refractivity contribution in [2.75, 3.05) is 13.7 Å². The molecule has 0 bridgehead atoms. The molecule has 4 nitrogen and oxygen atoms in total. The van der Waals surface area contributed by atoms with Crippen LogP contribution in [0.5, 0.6) is 5.75 Å². The first kappa shape index (κ1) is 10.4. The molecule has 1 aromatic carbocycles. The topological polar surface area (TPSA) is 55.3 Å². The van der Waals surface area contributed by atoms with Crippen molar-refractivity contribution in [3.63, 3.8) is 0 Å². The Hall–Kier alpha value is -1.07. The zero-order valence-corrected chi connectivity index (χ0v) is 9.29. The molecule has 0 saturated heterocycles. The highest BCUT2D eigenvalue weighted by Gasteiger charge is 2.39. The van der Waals surface area contributed by atoms with Crippen molar-refractivity contribution >= 4 is 17.4 Å². The standard InChI is InChI=1S/C10H13N2O2S/c1-14-7-2-3-9-8(6-7)12(13)10(15-9)4-5-11/h2-3,6,10H,4-5,11H2,1H3/q+1. The maximum Gasteiger partial charge on any atom is 0.274 e. The first-order valence-corrected chi connectivity index (χ1v) is 5.65. The lowest BCUT2D eigenvalue weighted by atomic mass is 10.3. The number of methoxy groups -OCH3 is 1. The molecule has 2 rings (SSSR count). The highest BCUT2D eigenvalue weighted by Crippen LogP contribution is 2.44. The fourth-order valence-electron chi connectivity index (χ4n) is 1.56. The van der Waals surface area contributed by atoms with Crippen LogP contribution in [0.15, 0.2) is 23.1 Å². The Bertz CT molecular complexity index is 395. The van der Waals surface area contributed by atoms with Gasteiger partial charge in [0.05, 0.1) is 22.8 Å². The Labute approximate surface area is 92.4 Å². The van der Waals surface area contributed by atoms with Gasteiger partial charge >= 0.3 is 0 Å². The van der Waals surface area contributed by atoms with E-state index in [0.717, 1.165) is 9.66 Å². The van der Waals surface area contributed by atoms with Crippen LogP contribution < -0.4 is 10.5 Å². The number of hydrogen-bond donors (Lipinski definition) is 1. The third kappa shape index (κ3) is 1.85. The van der Waals surface area contributed by atoms with Gasteiger partial charge in [-0.15, -0.1) is 0 Å². The van der Waals surface area contributed by atoms with Crippen molar-refractivity contribution in [2.45, 2.75) is 16.7 Å². The number of rotatable bonds is 3. The molecule has 0 amide bonds. The van der Waals surface area contributed by atoms with E-state index in [-0.39, 0.29) is 5.37 Å². The van der Waals surface area contributed by atoms with Gasteiger partial charge in [0.1, 0.15) is 5.75 Å². The van der Waals surface area contributed by atoms with Crippen molar-refractivity contribution in [1.82, 2.24) is 0 Å². The second-order valence-electron chi connectivity index (χ2n) is 3.31. The smallest absolute Gasteiger partial charge is 0.274 e. The minimum absolute atomic E-state index is 0.0860. The summed E-state index contributed by atoms with van der Waals surface area (Å²) in [5.74, 6) is 0.712. The summed E-state index contributed by atoms with van der Waals surface area (Å²) in [6.07, 6.45) is 0.700. The Morgan fingerprint density at radius 3 is 3.07 bits per heavy atom. The molecule has 2 N–H and O–H groups in total. The molecule has 1 aliphatic rings. The van der Waals surface area contributed by atoms with Crippen molar-refractivity contribution in [3.8, 4) is 5.75 Å². The molecule has 0 radical (unpaired) electrons. The highest BCUT2D eigenvalue weighted by molar-refractivity contribution is 8.00. The summed E-state index contributed by atoms with van der Waals surface area (Å²) in [6, 6.07) is 5.55. The summed E-state index contributed by atoms with van der Waals surface area (Å²) >= 11 is 1.57. The number of thioether (sulfide) groups is 1. The van der Waals surface area contributed by atoms with Crippen molar-refractivity contribution < 1.29 is 9.50 Å². The fraction of sp³-hybridized carbons (Fsp3) is 0.400. The molecule has 0 saturated carbocycles. The second-order valence-corrected chi connectivity index (χ2v) is 4.53. The molecule has 0 fully saturated rings. The van der Waals surface area contributed by atoms with E-state index < -0.39 is 0 Å². The number of nitrogens with two attached hydrogens (primary N) is 1. The number of nitrogens with zero attached hydrogens (tertiary/aromatic N) is 1. The molecule has 1 atom stereocenters. The van der Waals surface area contributed by atoms with E-state index in [2.05, 4.69) is 0 Å². The van der Waals surface area contributed by atoms with Gasteiger partial charge in [-0.1, -0.05) is 0 Å². The van der Waals surface area contributed by atoms with Gasteiger partial charge in [0.15, 0.2) is 0 Å². The van der Waals surface area contributed by atoms with Crippen LogP contribution in [0.1, 0.15) is 6.42 Å². The molecule has 0 aromatic heterocycles. The minimum Gasteiger partial charge on any atom is -0.497 e. The monoisotopic (exact) mass is 225 g/mol. The average molecular weight is 225 g/mol. The molecule has 80 valence electrons. The molecule has 15 heavy (non-hydrogen) atoms. The largest absolute Gasteiger partial charge is 0.497 e. The van der Waals surface area contributed by atoms with E-state index in [4.69, 9.17) is 10.5 Å². The van der Waals surface area contributed by atoms with E-state index in [1.165, 1.54) is 0 Å². The molecular weight excluding hydrogens is 212 g/mol. The van der Waals surface area contributed by atoms with Gasteiger partial charge in [-0.3, -0.25) is 0 Å². The van der Waals surface area contributed by atoms with Crippen LogP contribution in [0, 0.1) is 4.91 Å². The maximum absolute atomic E-state index is 11.8. The summed E-state index contributed by atoms with van der Waals surface area (Å²) in [4.78, 5) is 12.8. The Kier molecular flexibility index (Phi) is 2.93. The first-order chi connectivity index (χ1) is 7.26. The zero-order chi connectivity index (χ0) is 10.8. The summed E-state index contributed by atoms with van der Waals surface area (Å²) in [7, 11) is 1.59. The van der Waals surface area contributed by atoms with Gasteiger partial charge in [-0.05, 0) is 30.4 Å². The molecular formula is C10H13N2O2S+. The van der Waals surface area contributed by atoms with Crippen LogP contribution in [0.3, 0.4) is 0 Å². The van der Waals surface area contributed by atoms with Crippen LogP contribution in [0.2, 0.25) is 0 Å². The van der Waals surface area contributed by atoms with Crippen LogP contribution in [-0.2, 0) is 0 Å². The lowest BCUT2D eigenvalue weighted by Crippen LogP contribution is -2.16. The van der Waals surface area contributed by atoms with Gasteiger partial charge < -0.3 is 10.5 Å². The van der Waals surface area contributed by atoms with E-state index in [0.29, 0.717) is 24.4 Å². The summed E-state index contributed by atoms with van der Waals surface area (Å²) < 4.78 is 6.11. The second kappa shape index (κ2) is 4.20. The average Bonchev–Trinajstić information content (AvgIpc) is 2.56. The maximum atomic E-state index is 11.8. The molecule has 1 aliphatic heterocycles. The molecule has 0 spiro atoms. The summed E-state index contributed by atoms with van der Waals surface area (Å²) in [5.41, 5.74) is 6.15. The Balaban J connectivity index is 2.29. The van der Waals surface area contributed by atoms with Crippen molar-refractivity contribution in [2.24, 2.45) is 5.73 Å². The zero-order valence-electron chi connectivity index (χ0n) is 8.47. The number of ether oxygens (including phenoxy) is 1.